The lowest BCUT2D eigenvalue weighted by Crippen LogP contribution is -2.34. The second-order valence-electron chi connectivity index (χ2n) is 5.63. The molecule has 2 saturated heterocycles. The minimum Gasteiger partial charge on any atom is -0.392 e. The second-order valence-corrected chi connectivity index (χ2v) is 5.63. The van der Waals surface area contributed by atoms with Crippen LogP contribution < -0.4 is 16.0 Å². The Kier molecular flexibility index (Phi) is 4.73. The van der Waals surface area contributed by atoms with Gasteiger partial charge < -0.3 is 30.8 Å². The number of aromatic nitrogens is 2. The van der Waals surface area contributed by atoms with Gasteiger partial charge in [0.05, 0.1) is 24.4 Å². The third kappa shape index (κ3) is 3.43. The Bertz CT molecular complexity index is 606. The first-order valence-electron chi connectivity index (χ1n) is 7.69. The summed E-state index contributed by atoms with van der Waals surface area (Å²) in [5.74, 6) is 1.19. The highest BCUT2D eigenvalue weighted by molar-refractivity contribution is 5.79. The largest absolute Gasteiger partial charge is 0.392 e. The van der Waals surface area contributed by atoms with Crippen LogP contribution in [0.25, 0.3) is 0 Å². The maximum Gasteiger partial charge on any atom is 0.229 e. The van der Waals surface area contributed by atoms with Crippen LogP contribution in [0.5, 0.6) is 0 Å². The van der Waals surface area contributed by atoms with Gasteiger partial charge in [-0.1, -0.05) is 0 Å². The number of aryl methyl sites for hydroxylation is 1. The predicted octanol–water partition coefficient (Wildman–Crippen LogP) is 0.875. The number of rotatable bonds is 6. The summed E-state index contributed by atoms with van der Waals surface area (Å²) in [7, 11) is 1.77. The molecule has 124 valence electrons. The number of hydrogen-bond acceptors (Lipinski definition) is 8. The summed E-state index contributed by atoms with van der Waals surface area (Å²) in [6.45, 7) is 3.32. The van der Waals surface area contributed by atoms with E-state index in [1.807, 2.05) is 6.92 Å². The fraction of sp³-hybridized carbons (Fsp3) is 0.533. The number of nitrogens with one attached hydrogen (secondary N) is 4. The molecule has 3 atom stereocenters. The number of nitrogens with zero attached hydrogens (tertiary/aromatic N) is 2. The van der Waals surface area contributed by atoms with Crippen molar-refractivity contribution in [2.24, 2.45) is 0 Å². The Morgan fingerprint density at radius 1 is 1.43 bits per heavy atom. The maximum absolute atomic E-state index is 7.37. The van der Waals surface area contributed by atoms with Gasteiger partial charge in [0, 0.05) is 37.8 Å². The lowest BCUT2D eigenvalue weighted by molar-refractivity contribution is 0.0718. The van der Waals surface area contributed by atoms with E-state index in [-0.39, 0.29) is 18.2 Å². The van der Waals surface area contributed by atoms with E-state index < -0.39 is 0 Å². The van der Waals surface area contributed by atoms with Crippen molar-refractivity contribution >= 4 is 18.0 Å². The standard InChI is InChI=1S/C15H22N6O2/c1-9-6-18-15(19-10(5-16)7-17-2)21-14(9)20-11-8-23-12-3-4-22-13(11)12/h5-7,11-13,16-17H,3-4,8H2,1-2H3,(H2,18,19,20,21)/b10-7+,16-5?. The molecular weight excluding hydrogens is 296 g/mol. The Hall–Kier alpha value is -2.19. The van der Waals surface area contributed by atoms with Gasteiger partial charge in [0.1, 0.15) is 11.9 Å². The topological polar surface area (TPSA) is 104 Å². The first-order chi connectivity index (χ1) is 11.2. The van der Waals surface area contributed by atoms with E-state index >= 15 is 0 Å². The van der Waals surface area contributed by atoms with Crippen LogP contribution in [-0.4, -0.2) is 54.7 Å². The molecule has 0 saturated carbocycles. The summed E-state index contributed by atoms with van der Waals surface area (Å²) in [4.78, 5) is 8.76. The van der Waals surface area contributed by atoms with Crippen LogP contribution in [0, 0.1) is 12.3 Å². The van der Waals surface area contributed by atoms with E-state index in [0.29, 0.717) is 18.3 Å². The summed E-state index contributed by atoms with van der Waals surface area (Å²) < 4.78 is 11.5. The van der Waals surface area contributed by atoms with Crippen molar-refractivity contribution in [2.45, 2.75) is 31.6 Å². The Morgan fingerprint density at radius 3 is 3.09 bits per heavy atom. The van der Waals surface area contributed by atoms with E-state index in [9.17, 15) is 0 Å². The van der Waals surface area contributed by atoms with Crippen LogP contribution in [0.2, 0.25) is 0 Å². The number of fused-ring (bicyclic) bond motifs is 1. The van der Waals surface area contributed by atoms with E-state index in [1.165, 1.54) is 6.21 Å². The summed E-state index contributed by atoms with van der Waals surface area (Å²) >= 11 is 0. The van der Waals surface area contributed by atoms with Gasteiger partial charge in [0.25, 0.3) is 0 Å². The lowest BCUT2D eigenvalue weighted by Gasteiger charge is -2.19. The van der Waals surface area contributed by atoms with Crippen LogP contribution in [-0.2, 0) is 9.47 Å². The van der Waals surface area contributed by atoms with Crippen molar-refractivity contribution < 1.29 is 9.47 Å². The number of allylic oxidation sites excluding steroid dienone is 1. The van der Waals surface area contributed by atoms with Crippen LogP contribution in [0.1, 0.15) is 12.0 Å². The van der Waals surface area contributed by atoms with Gasteiger partial charge in [-0.25, -0.2) is 4.98 Å². The molecule has 2 aliphatic rings. The van der Waals surface area contributed by atoms with Crippen molar-refractivity contribution in [3.63, 3.8) is 0 Å². The molecule has 0 bridgehead atoms. The van der Waals surface area contributed by atoms with Gasteiger partial charge in [0.2, 0.25) is 5.95 Å². The van der Waals surface area contributed by atoms with Crippen LogP contribution in [0.3, 0.4) is 0 Å². The molecule has 3 rings (SSSR count). The number of anilines is 2. The minimum absolute atomic E-state index is 0.0853. The van der Waals surface area contributed by atoms with E-state index in [0.717, 1.165) is 24.4 Å². The molecule has 0 amide bonds. The third-order valence-electron chi connectivity index (χ3n) is 3.97. The maximum atomic E-state index is 7.37. The quantitative estimate of drug-likeness (QED) is 0.577. The minimum atomic E-state index is 0.0853. The van der Waals surface area contributed by atoms with E-state index in [1.54, 1.807) is 19.4 Å². The normalized spacial score (nSPS) is 26.7. The predicted molar refractivity (Wildman–Crippen MR) is 87.8 cm³/mol. The third-order valence-corrected chi connectivity index (χ3v) is 3.97. The molecule has 1 aromatic rings. The zero-order chi connectivity index (χ0) is 16.2. The fourth-order valence-corrected chi connectivity index (χ4v) is 2.81. The zero-order valence-corrected chi connectivity index (χ0v) is 13.3. The number of hydrogen-bond donors (Lipinski definition) is 4. The van der Waals surface area contributed by atoms with Crippen molar-refractivity contribution in [1.82, 2.24) is 15.3 Å². The van der Waals surface area contributed by atoms with E-state index in [2.05, 4.69) is 25.9 Å². The molecule has 8 nitrogen and oxygen atoms in total. The van der Waals surface area contributed by atoms with Crippen LogP contribution in [0.4, 0.5) is 11.8 Å². The molecule has 4 N–H and O–H groups in total. The highest BCUT2D eigenvalue weighted by atomic mass is 16.6. The highest BCUT2D eigenvalue weighted by Crippen LogP contribution is 2.29. The molecule has 1 aromatic heterocycles. The molecule has 3 unspecified atom stereocenters. The van der Waals surface area contributed by atoms with Gasteiger partial charge in [-0.05, 0) is 13.3 Å². The first-order valence-corrected chi connectivity index (χ1v) is 7.69. The number of ether oxygens (including phenoxy) is 2. The van der Waals surface area contributed by atoms with Gasteiger partial charge in [-0.3, -0.25) is 0 Å². The summed E-state index contributed by atoms with van der Waals surface area (Å²) in [5.41, 5.74) is 1.52. The fourth-order valence-electron chi connectivity index (χ4n) is 2.81. The van der Waals surface area contributed by atoms with Gasteiger partial charge in [-0.15, -0.1) is 0 Å². The Balaban J connectivity index is 1.73. The first kappa shape index (κ1) is 15.7. The SMILES string of the molecule is CN/C=C(\C=N)Nc1ncc(C)c(NC2COC3CCOC23)n1. The molecule has 2 fully saturated rings. The average molecular weight is 318 g/mol. The molecule has 0 aliphatic carbocycles. The van der Waals surface area contributed by atoms with Gasteiger partial charge in [-0.2, -0.15) is 4.98 Å². The summed E-state index contributed by atoms with van der Waals surface area (Å²) in [5, 5.41) is 16.6. The van der Waals surface area contributed by atoms with Gasteiger partial charge >= 0.3 is 0 Å². The smallest absolute Gasteiger partial charge is 0.229 e. The van der Waals surface area contributed by atoms with Crippen LogP contribution in [0.15, 0.2) is 18.1 Å². The highest BCUT2D eigenvalue weighted by Gasteiger charge is 2.42. The molecule has 3 heterocycles. The molecule has 23 heavy (non-hydrogen) atoms. The molecule has 2 aliphatic heterocycles. The van der Waals surface area contributed by atoms with Crippen molar-refractivity contribution in [3.8, 4) is 0 Å². The van der Waals surface area contributed by atoms with Crippen molar-refractivity contribution in [2.75, 3.05) is 30.9 Å². The zero-order valence-electron chi connectivity index (χ0n) is 13.3. The van der Waals surface area contributed by atoms with Crippen LogP contribution >= 0.6 is 0 Å². The molecule has 0 spiro atoms. The molecule has 0 aromatic carbocycles. The summed E-state index contributed by atoms with van der Waals surface area (Å²) in [6, 6.07) is 0.0963. The lowest BCUT2D eigenvalue weighted by atomic mass is 10.1. The van der Waals surface area contributed by atoms with E-state index in [4.69, 9.17) is 14.9 Å². The Labute approximate surface area is 135 Å². The van der Waals surface area contributed by atoms with Gasteiger partial charge in [0.15, 0.2) is 0 Å². The average Bonchev–Trinajstić information content (AvgIpc) is 3.15. The second kappa shape index (κ2) is 6.93. The molecular formula is C15H22N6O2. The monoisotopic (exact) mass is 318 g/mol. The van der Waals surface area contributed by atoms with Crippen molar-refractivity contribution in [3.05, 3.63) is 23.7 Å². The summed E-state index contributed by atoms with van der Waals surface area (Å²) in [6.07, 6.45) is 5.86. The Morgan fingerprint density at radius 2 is 2.30 bits per heavy atom. The molecule has 0 radical (unpaired) electrons. The van der Waals surface area contributed by atoms with Crippen molar-refractivity contribution in [1.29, 1.82) is 5.41 Å². The molecule has 8 heteroatoms.